The van der Waals surface area contributed by atoms with Crippen molar-refractivity contribution in [3.05, 3.63) is 24.0 Å². The van der Waals surface area contributed by atoms with Crippen LogP contribution in [0.1, 0.15) is 39.0 Å². The molecule has 0 aliphatic heterocycles. The van der Waals surface area contributed by atoms with E-state index in [0.717, 1.165) is 0 Å². The summed E-state index contributed by atoms with van der Waals surface area (Å²) >= 11 is 0. The molecule has 1 saturated carbocycles. The van der Waals surface area contributed by atoms with Crippen LogP contribution in [0.4, 0.5) is 18.9 Å². The van der Waals surface area contributed by atoms with E-state index >= 15 is 0 Å². The van der Waals surface area contributed by atoms with E-state index in [0.29, 0.717) is 11.6 Å². The maximum atomic E-state index is 13.6. The molecule has 0 bridgehead atoms. The second-order valence-corrected chi connectivity index (χ2v) is 5.35. The van der Waals surface area contributed by atoms with Crippen molar-refractivity contribution < 1.29 is 17.9 Å². The van der Waals surface area contributed by atoms with Crippen molar-refractivity contribution in [1.82, 2.24) is 0 Å². The topological polar surface area (TPSA) is 21.3 Å². The molecule has 2 nitrogen and oxygen atoms in total. The first-order chi connectivity index (χ1) is 9.56. The van der Waals surface area contributed by atoms with Gasteiger partial charge < -0.3 is 10.1 Å². The third kappa shape index (κ3) is 4.05. The molecule has 0 aromatic heterocycles. The number of alkyl halides is 2. The first kappa shape index (κ1) is 15.0. The van der Waals surface area contributed by atoms with Crippen LogP contribution in [0.5, 0.6) is 5.75 Å². The van der Waals surface area contributed by atoms with Gasteiger partial charge in [0.2, 0.25) is 0 Å². The van der Waals surface area contributed by atoms with Crippen molar-refractivity contribution >= 4 is 5.69 Å². The molecule has 20 heavy (non-hydrogen) atoms. The molecule has 5 heteroatoms. The summed E-state index contributed by atoms with van der Waals surface area (Å²) in [5, 5.41) is 3.25. The first-order valence-corrected chi connectivity index (χ1v) is 7.07. The summed E-state index contributed by atoms with van der Waals surface area (Å²) < 4.78 is 41.8. The van der Waals surface area contributed by atoms with E-state index < -0.39 is 18.2 Å². The molecule has 1 N–H and O–H groups in total. The fourth-order valence-electron chi connectivity index (χ4n) is 2.80. The van der Waals surface area contributed by atoms with Crippen LogP contribution in [-0.2, 0) is 0 Å². The minimum absolute atomic E-state index is 0.247. The van der Waals surface area contributed by atoms with E-state index in [4.69, 9.17) is 0 Å². The highest BCUT2D eigenvalue weighted by molar-refractivity contribution is 5.48. The molecule has 112 valence electrons. The third-order valence-corrected chi connectivity index (χ3v) is 3.90. The molecular formula is C15H20F3NO. The summed E-state index contributed by atoms with van der Waals surface area (Å²) in [5.74, 6) is -0.606. The molecule has 0 heterocycles. The van der Waals surface area contributed by atoms with Crippen molar-refractivity contribution in [3.8, 4) is 5.75 Å². The molecule has 1 aliphatic carbocycles. The highest BCUT2D eigenvalue weighted by Crippen LogP contribution is 2.29. The Hall–Kier alpha value is -1.39. The van der Waals surface area contributed by atoms with E-state index in [2.05, 4.69) is 17.0 Å². The number of anilines is 1. The van der Waals surface area contributed by atoms with Gasteiger partial charge in [0.1, 0.15) is 0 Å². The molecule has 2 rings (SSSR count). The van der Waals surface area contributed by atoms with Crippen LogP contribution in [0.15, 0.2) is 18.2 Å². The Morgan fingerprint density at radius 1 is 1.20 bits per heavy atom. The van der Waals surface area contributed by atoms with Crippen LogP contribution in [0.3, 0.4) is 0 Å². The molecule has 1 aliphatic rings. The van der Waals surface area contributed by atoms with Crippen LogP contribution in [-0.4, -0.2) is 12.7 Å². The zero-order valence-electron chi connectivity index (χ0n) is 11.5. The van der Waals surface area contributed by atoms with Crippen LogP contribution < -0.4 is 10.1 Å². The van der Waals surface area contributed by atoms with Gasteiger partial charge >= 0.3 is 6.61 Å². The maximum Gasteiger partial charge on any atom is 0.387 e. The minimum atomic E-state index is -3.01. The van der Waals surface area contributed by atoms with Gasteiger partial charge in [0.15, 0.2) is 11.6 Å². The van der Waals surface area contributed by atoms with Crippen molar-refractivity contribution in [3.63, 3.8) is 0 Å². The minimum Gasteiger partial charge on any atom is -0.432 e. The number of ether oxygens (including phenoxy) is 1. The molecule has 0 amide bonds. The van der Waals surface area contributed by atoms with Crippen LogP contribution in [0, 0.1) is 11.7 Å². The quantitative estimate of drug-likeness (QED) is 0.839. The van der Waals surface area contributed by atoms with Gasteiger partial charge in [-0.2, -0.15) is 8.78 Å². The Morgan fingerprint density at radius 2 is 1.90 bits per heavy atom. The number of rotatable bonds is 5. The van der Waals surface area contributed by atoms with E-state index in [1.54, 1.807) is 6.07 Å². The Kier molecular flexibility index (Phi) is 5.15. The van der Waals surface area contributed by atoms with Gasteiger partial charge in [0.05, 0.1) is 0 Å². The van der Waals surface area contributed by atoms with Crippen LogP contribution in [0.25, 0.3) is 0 Å². The lowest BCUT2D eigenvalue weighted by atomic mass is 9.84. The van der Waals surface area contributed by atoms with E-state index in [1.807, 2.05) is 0 Å². The molecule has 1 unspecified atom stereocenters. The van der Waals surface area contributed by atoms with Crippen molar-refractivity contribution in [2.75, 3.05) is 5.32 Å². The van der Waals surface area contributed by atoms with E-state index in [9.17, 15) is 13.2 Å². The largest absolute Gasteiger partial charge is 0.432 e. The normalized spacial score (nSPS) is 18.1. The highest BCUT2D eigenvalue weighted by Gasteiger charge is 2.20. The average molecular weight is 287 g/mol. The zero-order chi connectivity index (χ0) is 14.5. The molecule has 1 fully saturated rings. The summed E-state index contributed by atoms with van der Waals surface area (Å²) in [6.07, 6.45) is 6.14. The van der Waals surface area contributed by atoms with Gasteiger partial charge in [-0.15, -0.1) is 0 Å². The molecule has 0 radical (unpaired) electrons. The zero-order valence-corrected chi connectivity index (χ0v) is 11.5. The van der Waals surface area contributed by atoms with E-state index in [-0.39, 0.29) is 6.04 Å². The molecule has 0 saturated heterocycles. The van der Waals surface area contributed by atoms with Gasteiger partial charge in [-0.05, 0) is 37.8 Å². The summed E-state index contributed by atoms with van der Waals surface area (Å²) in [4.78, 5) is 0. The maximum absolute atomic E-state index is 13.6. The Labute approximate surface area is 117 Å². The predicted octanol–water partition coefficient (Wildman–Crippen LogP) is 4.81. The summed E-state index contributed by atoms with van der Waals surface area (Å²) in [5.41, 5.74) is 0.599. The van der Waals surface area contributed by atoms with Gasteiger partial charge in [0, 0.05) is 17.8 Å². The van der Waals surface area contributed by atoms with Crippen molar-refractivity contribution in [1.29, 1.82) is 0 Å². The lowest BCUT2D eigenvalue weighted by Crippen LogP contribution is -2.27. The summed E-state index contributed by atoms with van der Waals surface area (Å²) in [6.45, 7) is -0.929. The Morgan fingerprint density at radius 3 is 2.50 bits per heavy atom. The standard InChI is InChI=1S/C15H20F3NO/c1-10(11-5-3-2-4-6-11)19-12-7-8-14(13(16)9-12)20-15(17)18/h7-11,15,19H,2-6H2,1H3. The second kappa shape index (κ2) is 6.86. The number of benzene rings is 1. The van der Waals surface area contributed by atoms with Crippen LogP contribution >= 0.6 is 0 Å². The smallest absolute Gasteiger partial charge is 0.387 e. The number of hydrogen-bond acceptors (Lipinski definition) is 2. The monoisotopic (exact) mass is 287 g/mol. The number of nitrogens with one attached hydrogen (secondary N) is 1. The summed E-state index contributed by atoms with van der Waals surface area (Å²) in [6, 6.07) is 4.26. The fraction of sp³-hybridized carbons (Fsp3) is 0.600. The first-order valence-electron chi connectivity index (χ1n) is 7.07. The van der Waals surface area contributed by atoms with E-state index in [1.165, 1.54) is 44.2 Å². The number of halogens is 3. The fourth-order valence-corrected chi connectivity index (χ4v) is 2.80. The summed E-state index contributed by atoms with van der Waals surface area (Å²) in [7, 11) is 0. The van der Waals surface area contributed by atoms with Gasteiger partial charge in [-0.25, -0.2) is 4.39 Å². The highest BCUT2D eigenvalue weighted by atomic mass is 19.3. The molecule has 1 atom stereocenters. The number of hydrogen-bond donors (Lipinski definition) is 1. The van der Waals surface area contributed by atoms with Gasteiger partial charge in [-0.1, -0.05) is 19.3 Å². The SMILES string of the molecule is CC(Nc1ccc(OC(F)F)c(F)c1)C1CCCCC1. The molecular weight excluding hydrogens is 267 g/mol. The molecule has 1 aromatic rings. The van der Waals surface area contributed by atoms with Crippen LogP contribution in [0.2, 0.25) is 0 Å². The predicted molar refractivity (Wildman–Crippen MR) is 72.7 cm³/mol. The van der Waals surface area contributed by atoms with Crippen molar-refractivity contribution in [2.45, 2.75) is 51.7 Å². The third-order valence-electron chi connectivity index (χ3n) is 3.90. The molecule has 0 spiro atoms. The second-order valence-electron chi connectivity index (χ2n) is 5.35. The molecule has 1 aromatic carbocycles. The Bertz CT molecular complexity index is 433. The van der Waals surface area contributed by atoms with Crippen molar-refractivity contribution in [2.24, 2.45) is 5.92 Å². The average Bonchev–Trinajstić information content (AvgIpc) is 2.42. The lowest BCUT2D eigenvalue weighted by Gasteiger charge is -2.29. The Balaban J connectivity index is 1.97. The van der Waals surface area contributed by atoms with Gasteiger partial charge in [0.25, 0.3) is 0 Å². The van der Waals surface area contributed by atoms with Gasteiger partial charge in [-0.3, -0.25) is 0 Å². The lowest BCUT2D eigenvalue weighted by molar-refractivity contribution is -0.0521.